The third-order valence-corrected chi connectivity index (χ3v) is 2.30. The van der Waals surface area contributed by atoms with Gasteiger partial charge >= 0.3 is 6.09 Å². The van der Waals surface area contributed by atoms with Gasteiger partial charge in [-0.05, 0) is 34.7 Å². The Morgan fingerprint density at radius 3 is 2.77 bits per heavy atom. The number of halogens is 1. The van der Waals surface area contributed by atoms with Crippen molar-refractivity contribution in [1.29, 1.82) is 0 Å². The molecule has 0 aliphatic heterocycles. The van der Waals surface area contributed by atoms with Crippen LogP contribution in [0.1, 0.15) is 0 Å². The molecule has 0 heterocycles. The zero-order chi connectivity index (χ0) is 9.68. The molecule has 0 fully saturated rings. The molecule has 0 spiro atoms. The lowest BCUT2D eigenvalue weighted by Crippen LogP contribution is -2.29. The van der Waals surface area contributed by atoms with Crippen LogP contribution < -0.4 is 10.9 Å². The molecule has 13 heavy (non-hydrogen) atoms. The molecule has 0 aliphatic carbocycles. The van der Waals surface area contributed by atoms with Crippen LogP contribution >= 0.6 is 22.6 Å². The molecule has 0 aliphatic rings. The number of hydrazine groups is 1. The van der Waals surface area contributed by atoms with E-state index in [2.05, 4.69) is 38.2 Å². The molecule has 70 valence electrons. The highest BCUT2D eigenvalue weighted by Crippen LogP contribution is 2.15. The Morgan fingerprint density at radius 1 is 1.46 bits per heavy atom. The van der Waals surface area contributed by atoms with E-state index in [4.69, 9.17) is 0 Å². The highest BCUT2D eigenvalue weighted by atomic mass is 127. The first-order valence-electron chi connectivity index (χ1n) is 3.58. The third-order valence-electron chi connectivity index (χ3n) is 1.36. The lowest BCUT2D eigenvalue weighted by molar-refractivity contribution is 0.173. The van der Waals surface area contributed by atoms with E-state index in [0.29, 0.717) is 0 Å². The van der Waals surface area contributed by atoms with Crippen LogP contribution in [0.5, 0.6) is 0 Å². The van der Waals surface area contributed by atoms with Gasteiger partial charge in [0.1, 0.15) is 0 Å². The molecule has 1 rings (SSSR count). The fraction of sp³-hybridized carbons (Fsp3) is 0.125. The molecule has 5 heteroatoms. The lowest BCUT2D eigenvalue weighted by Gasteiger charge is -2.08. The summed E-state index contributed by atoms with van der Waals surface area (Å²) in [4.78, 5) is 10.7. The van der Waals surface area contributed by atoms with E-state index in [1.54, 1.807) is 0 Å². The normalized spacial score (nSPS) is 9.08. The van der Waals surface area contributed by atoms with Gasteiger partial charge in [-0.3, -0.25) is 5.43 Å². The van der Waals surface area contributed by atoms with Crippen LogP contribution in [0.3, 0.4) is 0 Å². The number of para-hydroxylation sites is 1. The molecule has 0 saturated heterocycles. The summed E-state index contributed by atoms with van der Waals surface area (Å²) in [6, 6.07) is 7.59. The quantitative estimate of drug-likeness (QED) is 0.647. The molecule has 0 unspecified atom stereocenters. The smallest absolute Gasteiger partial charge is 0.425 e. The third kappa shape index (κ3) is 3.10. The molecule has 0 saturated carbocycles. The predicted molar refractivity (Wildman–Crippen MR) is 58.3 cm³/mol. The van der Waals surface area contributed by atoms with Crippen molar-refractivity contribution in [3.8, 4) is 0 Å². The molecule has 4 nitrogen and oxygen atoms in total. The SMILES string of the molecule is COC(=O)NNc1ccccc1I. The van der Waals surface area contributed by atoms with Crippen LogP contribution in [0, 0.1) is 3.57 Å². The number of carbonyl (C=O) groups excluding carboxylic acids is 1. The van der Waals surface area contributed by atoms with Gasteiger partial charge in [0.25, 0.3) is 0 Å². The standard InChI is InChI=1S/C8H9IN2O2/c1-13-8(12)11-10-7-5-3-2-4-6(7)9/h2-5,10H,1H3,(H,11,12). The van der Waals surface area contributed by atoms with Crippen LogP contribution in [0.2, 0.25) is 0 Å². The van der Waals surface area contributed by atoms with Crippen molar-refractivity contribution < 1.29 is 9.53 Å². The minimum atomic E-state index is -0.514. The summed E-state index contributed by atoms with van der Waals surface area (Å²) in [6.45, 7) is 0. The Labute approximate surface area is 89.8 Å². The second-order valence-electron chi connectivity index (χ2n) is 2.22. The van der Waals surface area contributed by atoms with E-state index < -0.39 is 6.09 Å². The molecule has 1 amide bonds. The fourth-order valence-corrected chi connectivity index (χ4v) is 1.25. The van der Waals surface area contributed by atoms with Crippen molar-refractivity contribution >= 4 is 34.4 Å². The van der Waals surface area contributed by atoms with Gasteiger partial charge < -0.3 is 4.74 Å². The second kappa shape index (κ2) is 4.90. The Balaban J connectivity index is 2.54. The van der Waals surface area contributed by atoms with Crippen molar-refractivity contribution in [3.05, 3.63) is 27.8 Å². The monoisotopic (exact) mass is 292 g/mol. The Hall–Kier alpha value is -0.980. The maximum absolute atomic E-state index is 10.7. The number of carbonyl (C=O) groups is 1. The molecule has 0 aromatic heterocycles. The number of nitrogens with one attached hydrogen (secondary N) is 2. The number of anilines is 1. The summed E-state index contributed by atoms with van der Waals surface area (Å²) in [6.07, 6.45) is -0.514. The second-order valence-corrected chi connectivity index (χ2v) is 3.38. The van der Waals surface area contributed by atoms with E-state index in [-0.39, 0.29) is 0 Å². The molecule has 2 N–H and O–H groups in total. The van der Waals surface area contributed by atoms with Gasteiger partial charge in [0.15, 0.2) is 0 Å². The Kier molecular flexibility index (Phi) is 3.81. The van der Waals surface area contributed by atoms with Crippen LogP contribution in [-0.4, -0.2) is 13.2 Å². The first-order valence-corrected chi connectivity index (χ1v) is 4.66. The van der Waals surface area contributed by atoms with Gasteiger partial charge in [-0.15, -0.1) is 0 Å². The first-order chi connectivity index (χ1) is 6.24. The molecule has 1 aromatic carbocycles. The first kappa shape index (κ1) is 10.1. The van der Waals surface area contributed by atoms with E-state index in [0.717, 1.165) is 9.26 Å². The Bertz CT molecular complexity index is 304. The van der Waals surface area contributed by atoms with Crippen molar-refractivity contribution in [2.75, 3.05) is 12.5 Å². The summed E-state index contributed by atoms with van der Waals surface area (Å²) in [5.41, 5.74) is 5.95. The van der Waals surface area contributed by atoms with Crippen molar-refractivity contribution in [2.24, 2.45) is 0 Å². The highest BCUT2D eigenvalue weighted by molar-refractivity contribution is 14.1. The van der Waals surface area contributed by atoms with Gasteiger partial charge in [0.05, 0.1) is 12.8 Å². The number of amides is 1. The highest BCUT2D eigenvalue weighted by Gasteiger charge is 1.99. The number of hydrogen-bond acceptors (Lipinski definition) is 3. The van der Waals surface area contributed by atoms with Gasteiger partial charge in [0.2, 0.25) is 0 Å². The molecular formula is C8H9IN2O2. The summed E-state index contributed by atoms with van der Waals surface area (Å²) in [5, 5.41) is 0. The van der Waals surface area contributed by atoms with Crippen molar-refractivity contribution in [2.45, 2.75) is 0 Å². The summed E-state index contributed by atoms with van der Waals surface area (Å²) in [7, 11) is 1.31. The summed E-state index contributed by atoms with van der Waals surface area (Å²) < 4.78 is 5.42. The molecule has 1 aromatic rings. The molecule has 0 radical (unpaired) electrons. The average Bonchev–Trinajstić information content (AvgIpc) is 2.16. The van der Waals surface area contributed by atoms with Gasteiger partial charge in [0, 0.05) is 3.57 Å². The van der Waals surface area contributed by atoms with Gasteiger partial charge in [-0.1, -0.05) is 12.1 Å². The van der Waals surface area contributed by atoms with Crippen LogP contribution in [0.15, 0.2) is 24.3 Å². The lowest BCUT2D eigenvalue weighted by atomic mass is 10.3. The van der Waals surface area contributed by atoms with Crippen LogP contribution in [-0.2, 0) is 4.74 Å². The molecular weight excluding hydrogens is 283 g/mol. The fourth-order valence-electron chi connectivity index (χ4n) is 0.732. The summed E-state index contributed by atoms with van der Waals surface area (Å²) >= 11 is 2.16. The number of methoxy groups -OCH3 is 1. The van der Waals surface area contributed by atoms with Crippen molar-refractivity contribution in [1.82, 2.24) is 5.43 Å². The van der Waals surface area contributed by atoms with Crippen LogP contribution in [0.25, 0.3) is 0 Å². The number of rotatable bonds is 2. The number of ether oxygens (including phenoxy) is 1. The molecule has 0 bridgehead atoms. The topological polar surface area (TPSA) is 50.4 Å². The maximum Gasteiger partial charge on any atom is 0.425 e. The van der Waals surface area contributed by atoms with Crippen molar-refractivity contribution in [3.63, 3.8) is 0 Å². The zero-order valence-corrected chi connectivity index (χ0v) is 9.16. The van der Waals surface area contributed by atoms with E-state index in [1.807, 2.05) is 24.3 Å². The summed E-state index contributed by atoms with van der Waals surface area (Å²) in [5.74, 6) is 0. The van der Waals surface area contributed by atoms with E-state index in [1.165, 1.54) is 7.11 Å². The number of hydrogen-bond donors (Lipinski definition) is 2. The minimum Gasteiger partial charge on any atom is -0.452 e. The van der Waals surface area contributed by atoms with E-state index in [9.17, 15) is 4.79 Å². The minimum absolute atomic E-state index is 0.514. The van der Waals surface area contributed by atoms with E-state index >= 15 is 0 Å². The average molecular weight is 292 g/mol. The van der Waals surface area contributed by atoms with Crippen LogP contribution in [0.4, 0.5) is 10.5 Å². The zero-order valence-electron chi connectivity index (χ0n) is 7.00. The molecule has 0 atom stereocenters. The van der Waals surface area contributed by atoms with Gasteiger partial charge in [-0.2, -0.15) is 0 Å². The largest absolute Gasteiger partial charge is 0.452 e. The van der Waals surface area contributed by atoms with Gasteiger partial charge in [-0.25, -0.2) is 10.2 Å². The predicted octanol–water partition coefficient (Wildman–Crippen LogP) is 1.97. The maximum atomic E-state index is 10.7. The Morgan fingerprint density at radius 2 is 2.15 bits per heavy atom. The number of benzene rings is 1.